The van der Waals surface area contributed by atoms with Crippen LogP contribution in [0.15, 0.2) is 29.3 Å². The Labute approximate surface area is 140 Å². The molecule has 0 saturated heterocycles. The van der Waals surface area contributed by atoms with E-state index in [-0.39, 0.29) is 18.0 Å². The maximum Gasteiger partial charge on any atom is 0.313 e. The van der Waals surface area contributed by atoms with Crippen LogP contribution in [0.1, 0.15) is 31.4 Å². The van der Waals surface area contributed by atoms with E-state index in [0.717, 1.165) is 33.5 Å². The highest BCUT2D eigenvalue weighted by molar-refractivity contribution is 8.00. The van der Waals surface area contributed by atoms with Gasteiger partial charge >= 0.3 is 5.97 Å². The molecule has 0 aliphatic carbocycles. The van der Waals surface area contributed by atoms with Crippen molar-refractivity contribution in [1.82, 2.24) is 4.98 Å². The Kier molecular flexibility index (Phi) is 6.16. The van der Waals surface area contributed by atoms with E-state index in [2.05, 4.69) is 30.1 Å². The summed E-state index contributed by atoms with van der Waals surface area (Å²) in [5.41, 5.74) is 3.21. The third kappa shape index (κ3) is 4.79. The molecule has 1 aromatic heterocycles. The van der Waals surface area contributed by atoms with Gasteiger partial charge in [0.2, 0.25) is 0 Å². The normalized spacial score (nSPS) is 10.7. The van der Waals surface area contributed by atoms with Crippen LogP contribution in [-0.2, 0) is 20.7 Å². The van der Waals surface area contributed by atoms with Crippen LogP contribution in [0.4, 0.5) is 0 Å². The number of carbonyl (C=O) groups excluding carboxylic acids is 2. The van der Waals surface area contributed by atoms with Crippen LogP contribution in [0.25, 0.3) is 10.9 Å². The highest BCUT2D eigenvalue weighted by Gasteiger charge is 2.13. The average Bonchev–Trinajstić information content (AvgIpc) is 2.52. The first-order valence-corrected chi connectivity index (χ1v) is 8.72. The zero-order valence-corrected chi connectivity index (χ0v) is 14.5. The molecule has 23 heavy (non-hydrogen) atoms. The maximum atomic E-state index is 11.9. The molecule has 0 radical (unpaired) electrons. The van der Waals surface area contributed by atoms with E-state index < -0.39 is 5.97 Å². The number of thioether (sulfide) groups is 1. The van der Waals surface area contributed by atoms with E-state index in [9.17, 15) is 9.59 Å². The van der Waals surface area contributed by atoms with Crippen LogP contribution >= 0.6 is 11.8 Å². The monoisotopic (exact) mass is 331 g/mol. The lowest BCUT2D eigenvalue weighted by atomic mass is 10.1. The zero-order chi connectivity index (χ0) is 16.8. The molecule has 0 N–H and O–H groups in total. The number of fused-ring (bicyclic) bond motifs is 1. The number of hydrogen-bond acceptors (Lipinski definition) is 5. The second kappa shape index (κ2) is 8.11. The quantitative estimate of drug-likeness (QED) is 0.440. The van der Waals surface area contributed by atoms with Gasteiger partial charge in [0.05, 0.1) is 17.9 Å². The van der Waals surface area contributed by atoms with E-state index in [4.69, 9.17) is 4.74 Å². The first kappa shape index (κ1) is 17.5. The van der Waals surface area contributed by atoms with Crippen LogP contribution in [-0.4, -0.2) is 29.1 Å². The van der Waals surface area contributed by atoms with Gasteiger partial charge in [0, 0.05) is 5.39 Å². The Morgan fingerprint density at radius 1 is 1.22 bits per heavy atom. The van der Waals surface area contributed by atoms with Gasteiger partial charge in [0.15, 0.2) is 5.78 Å². The molecule has 0 aliphatic rings. The highest BCUT2D eigenvalue weighted by Crippen LogP contribution is 2.26. The molecule has 0 aliphatic heterocycles. The number of ether oxygens (including phenoxy) is 1. The molecule has 0 saturated carbocycles. The van der Waals surface area contributed by atoms with Crippen molar-refractivity contribution in [2.45, 2.75) is 38.6 Å². The third-order valence-corrected chi connectivity index (χ3v) is 4.50. The number of carbonyl (C=O) groups is 2. The van der Waals surface area contributed by atoms with Crippen LogP contribution in [0, 0.1) is 6.92 Å². The highest BCUT2D eigenvalue weighted by atomic mass is 32.2. The molecule has 0 fully saturated rings. The predicted octanol–water partition coefficient (Wildman–Crippen LogP) is 3.72. The first-order chi connectivity index (χ1) is 11.0. The summed E-state index contributed by atoms with van der Waals surface area (Å²) < 4.78 is 4.80. The van der Waals surface area contributed by atoms with Gasteiger partial charge < -0.3 is 4.74 Å². The van der Waals surface area contributed by atoms with Crippen molar-refractivity contribution in [2.24, 2.45) is 0 Å². The van der Waals surface area contributed by atoms with Gasteiger partial charge in [-0.05, 0) is 43.5 Å². The Bertz CT molecular complexity index is 728. The van der Waals surface area contributed by atoms with Crippen LogP contribution in [0.2, 0.25) is 0 Å². The number of rotatable bonds is 7. The largest absolute Gasteiger partial charge is 0.466 e. The summed E-state index contributed by atoms with van der Waals surface area (Å²) in [5, 5.41) is 1.97. The number of ketones is 1. The summed E-state index contributed by atoms with van der Waals surface area (Å²) in [5.74, 6) is -0.367. The van der Waals surface area contributed by atoms with Crippen molar-refractivity contribution in [1.29, 1.82) is 0 Å². The molecule has 0 spiro atoms. The Balaban J connectivity index is 2.12. The lowest BCUT2D eigenvalue weighted by Crippen LogP contribution is -2.13. The number of benzene rings is 1. The number of nitrogens with zero attached hydrogens (tertiary/aromatic N) is 1. The summed E-state index contributed by atoms with van der Waals surface area (Å²) in [7, 11) is 0. The van der Waals surface area contributed by atoms with E-state index >= 15 is 0 Å². The molecule has 0 atom stereocenters. The summed E-state index contributed by atoms with van der Waals surface area (Å²) in [6, 6.07) is 8.30. The van der Waals surface area contributed by atoms with Crippen molar-refractivity contribution >= 4 is 34.4 Å². The molecule has 0 unspecified atom stereocenters. The van der Waals surface area contributed by atoms with Gasteiger partial charge in [-0.1, -0.05) is 30.8 Å². The minimum absolute atomic E-state index is 0.137. The fourth-order valence-electron chi connectivity index (χ4n) is 2.25. The van der Waals surface area contributed by atoms with Gasteiger partial charge in [-0.15, -0.1) is 0 Å². The number of hydrogen-bond donors (Lipinski definition) is 0. The molecule has 2 rings (SSSR count). The predicted molar refractivity (Wildman–Crippen MR) is 92.8 cm³/mol. The van der Waals surface area contributed by atoms with Gasteiger partial charge in [-0.25, -0.2) is 4.98 Å². The van der Waals surface area contributed by atoms with Crippen LogP contribution in [0.3, 0.4) is 0 Å². The van der Waals surface area contributed by atoms with Crippen molar-refractivity contribution in [2.75, 3.05) is 12.4 Å². The number of aromatic nitrogens is 1. The molecule has 1 heterocycles. The topological polar surface area (TPSA) is 56.3 Å². The van der Waals surface area contributed by atoms with Crippen LogP contribution in [0.5, 0.6) is 0 Å². The van der Waals surface area contributed by atoms with Gasteiger partial charge in [0.25, 0.3) is 0 Å². The SMILES string of the molecule is CCOC(=O)CC(=O)CSc1nc2cc(C)ccc2cc1CC. The van der Waals surface area contributed by atoms with Crippen LogP contribution < -0.4 is 0 Å². The Morgan fingerprint density at radius 2 is 2.00 bits per heavy atom. The summed E-state index contributed by atoms with van der Waals surface area (Å²) in [6.07, 6.45) is 0.681. The molecule has 0 bridgehead atoms. The second-order valence-electron chi connectivity index (χ2n) is 5.31. The lowest BCUT2D eigenvalue weighted by molar-refractivity contribution is -0.145. The van der Waals surface area contributed by atoms with Crippen molar-refractivity contribution in [3.05, 3.63) is 35.4 Å². The lowest BCUT2D eigenvalue weighted by Gasteiger charge is -2.09. The summed E-state index contributed by atoms with van der Waals surface area (Å²) >= 11 is 1.39. The smallest absolute Gasteiger partial charge is 0.313 e. The minimum Gasteiger partial charge on any atom is -0.466 e. The Morgan fingerprint density at radius 3 is 2.70 bits per heavy atom. The number of Topliss-reactive ketones (excluding diaryl/α,β-unsaturated/α-hetero) is 1. The summed E-state index contributed by atoms with van der Waals surface area (Å²) in [6.45, 7) is 6.13. The number of esters is 1. The molecule has 122 valence electrons. The fourth-order valence-corrected chi connectivity index (χ4v) is 3.21. The molecule has 5 heteroatoms. The van der Waals surface area contributed by atoms with E-state index in [1.807, 2.05) is 13.0 Å². The molecule has 2 aromatic rings. The average molecular weight is 331 g/mol. The molecule has 1 aromatic carbocycles. The minimum atomic E-state index is -0.462. The Hall–Kier alpha value is -1.88. The van der Waals surface area contributed by atoms with Gasteiger partial charge in [-0.3, -0.25) is 9.59 Å². The first-order valence-electron chi connectivity index (χ1n) is 7.73. The third-order valence-electron chi connectivity index (χ3n) is 3.41. The van der Waals surface area contributed by atoms with Crippen molar-refractivity contribution in [3.8, 4) is 0 Å². The number of aryl methyl sites for hydroxylation is 2. The number of pyridine rings is 1. The molecular formula is C18H21NO3S. The standard InChI is InChI=1S/C18H21NO3S/c1-4-13-9-14-7-6-12(3)8-16(14)19-18(13)23-11-15(20)10-17(21)22-5-2/h6-9H,4-5,10-11H2,1-3H3. The van der Waals surface area contributed by atoms with Gasteiger partial charge in [-0.2, -0.15) is 0 Å². The van der Waals surface area contributed by atoms with Gasteiger partial charge in [0.1, 0.15) is 11.4 Å². The zero-order valence-electron chi connectivity index (χ0n) is 13.7. The summed E-state index contributed by atoms with van der Waals surface area (Å²) in [4.78, 5) is 27.9. The van der Waals surface area contributed by atoms with Crippen molar-refractivity contribution < 1.29 is 14.3 Å². The molecule has 4 nitrogen and oxygen atoms in total. The molecule has 0 amide bonds. The van der Waals surface area contributed by atoms with E-state index in [1.54, 1.807) is 6.92 Å². The van der Waals surface area contributed by atoms with E-state index in [1.165, 1.54) is 11.8 Å². The molecular weight excluding hydrogens is 310 g/mol. The maximum absolute atomic E-state index is 11.9. The van der Waals surface area contributed by atoms with Crippen molar-refractivity contribution in [3.63, 3.8) is 0 Å². The second-order valence-corrected chi connectivity index (χ2v) is 6.28. The van der Waals surface area contributed by atoms with E-state index in [0.29, 0.717) is 6.61 Å². The fraction of sp³-hybridized carbons (Fsp3) is 0.389.